The Bertz CT molecular complexity index is 175. The first-order chi connectivity index (χ1) is 8.18. The summed E-state index contributed by atoms with van der Waals surface area (Å²) in [7, 11) is -3.34. The zero-order valence-corrected chi connectivity index (χ0v) is 12.0. The summed E-state index contributed by atoms with van der Waals surface area (Å²) in [6.07, 6.45) is 5.23. The van der Waals surface area contributed by atoms with Gasteiger partial charge in [0.2, 0.25) is 0 Å². The van der Waals surface area contributed by atoms with Crippen molar-refractivity contribution in [1.82, 2.24) is 0 Å². The summed E-state index contributed by atoms with van der Waals surface area (Å²) >= 11 is 0. The van der Waals surface area contributed by atoms with E-state index in [1.807, 2.05) is 0 Å². The second-order valence-electron chi connectivity index (χ2n) is 3.86. The Morgan fingerprint density at radius 1 is 0.882 bits per heavy atom. The third kappa shape index (κ3) is 9.66. The van der Waals surface area contributed by atoms with Crippen LogP contribution in [-0.2, 0) is 18.1 Å². The fraction of sp³-hybridized carbons (Fsp3) is 0.917. The van der Waals surface area contributed by atoms with E-state index in [2.05, 4.69) is 20.8 Å². The molecular formula is C12H26O4P+. The number of unbranched alkanes of at least 4 members (excludes halogenated alkanes) is 3. The van der Waals surface area contributed by atoms with Crippen LogP contribution in [0.25, 0.3) is 0 Å². The molecule has 0 amide bonds. The minimum Gasteiger partial charge on any atom is -0.287 e. The van der Waals surface area contributed by atoms with E-state index < -0.39 is 7.82 Å². The first kappa shape index (κ1) is 17.0. The molecule has 0 aromatic carbocycles. The van der Waals surface area contributed by atoms with Gasteiger partial charge in [0, 0.05) is 6.42 Å². The number of hydrogen-bond donors (Lipinski definition) is 0. The molecule has 0 aliphatic heterocycles. The first-order valence-electron chi connectivity index (χ1n) is 6.51. The van der Waals surface area contributed by atoms with Crippen LogP contribution in [0.2, 0.25) is 0 Å². The van der Waals surface area contributed by atoms with E-state index in [1.54, 1.807) is 0 Å². The SMILES string of the molecule is [CH2+]CCCOP(=O)(OCCCC)OCCCC. The molecule has 4 nitrogen and oxygen atoms in total. The summed E-state index contributed by atoms with van der Waals surface area (Å²) in [5.74, 6) is 0. The molecule has 0 aliphatic rings. The lowest BCUT2D eigenvalue weighted by Crippen LogP contribution is -2.03. The molecule has 0 rings (SSSR count). The standard InChI is InChI=1S/C12H26O4P/c1-4-7-10-14-17(13,15-11-8-5-2)16-12-9-6-3/h1,4-12H2,2-3H3/q+1. The maximum absolute atomic E-state index is 12.2. The van der Waals surface area contributed by atoms with Gasteiger partial charge in [0.1, 0.15) is 0 Å². The summed E-state index contributed by atoms with van der Waals surface area (Å²) in [4.78, 5) is 0. The minimum atomic E-state index is -3.34. The molecule has 0 atom stereocenters. The molecule has 5 heteroatoms. The summed E-state index contributed by atoms with van der Waals surface area (Å²) in [5.41, 5.74) is 0. The largest absolute Gasteiger partial charge is 0.474 e. The fourth-order valence-electron chi connectivity index (χ4n) is 1.03. The third-order valence-corrected chi connectivity index (χ3v) is 3.63. The monoisotopic (exact) mass is 265 g/mol. The number of rotatable bonds is 12. The summed E-state index contributed by atoms with van der Waals surface area (Å²) in [6.45, 7) is 9.02. The van der Waals surface area contributed by atoms with Gasteiger partial charge in [-0.3, -0.25) is 13.6 Å². The minimum absolute atomic E-state index is 0.374. The van der Waals surface area contributed by atoms with Crippen molar-refractivity contribution in [3.63, 3.8) is 0 Å². The zero-order chi connectivity index (χ0) is 13.0. The Labute approximate surface area is 106 Å². The van der Waals surface area contributed by atoms with Crippen LogP contribution in [0.1, 0.15) is 52.4 Å². The van der Waals surface area contributed by atoms with Gasteiger partial charge in [-0.2, -0.15) is 0 Å². The Morgan fingerprint density at radius 3 is 1.65 bits per heavy atom. The fourth-order valence-corrected chi connectivity index (χ4v) is 2.31. The molecule has 0 unspecified atom stereocenters. The summed E-state index contributed by atoms with van der Waals surface area (Å²) in [5, 5.41) is 0. The van der Waals surface area contributed by atoms with Crippen LogP contribution in [-0.4, -0.2) is 19.8 Å². The molecule has 0 aromatic rings. The van der Waals surface area contributed by atoms with E-state index in [0.717, 1.165) is 38.5 Å². The number of hydrogen-bond acceptors (Lipinski definition) is 4. The lowest BCUT2D eigenvalue weighted by molar-refractivity contribution is 0.110. The molecule has 0 bridgehead atoms. The van der Waals surface area contributed by atoms with Crippen LogP contribution in [0.3, 0.4) is 0 Å². The van der Waals surface area contributed by atoms with Crippen molar-refractivity contribution in [3.05, 3.63) is 6.92 Å². The highest BCUT2D eigenvalue weighted by molar-refractivity contribution is 7.48. The predicted molar refractivity (Wildman–Crippen MR) is 69.9 cm³/mol. The Morgan fingerprint density at radius 2 is 1.29 bits per heavy atom. The van der Waals surface area contributed by atoms with Crippen molar-refractivity contribution in [3.8, 4) is 0 Å². The number of phosphoric ester groups is 1. The molecule has 0 aliphatic carbocycles. The molecule has 0 aromatic heterocycles. The van der Waals surface area contributed by atoms with Crippen molar-refractivity contribution in [2.24, 2.45) is 0 Å². The normalized spacial score (nSPS) is 11.9. The van der Waals surface area contributed by atoms with Gasteiger partial charge in [-0.1, -0.05) is 26.7 Å². The van der Waals surface area contributed by atoms with Crippen molar-refractivity contribution >= 4 is 7.82 Å². The molecule has 0 radical (unpaired) electrons. The molecule has 0 fully saturated rings. The quantitative estimate of drug-likeness (QED) is 0.299. The molecule has 0 N–H and O–H groups in total. The highest BCUT2D eigenvalue weighted by Crippen LogP contribution is 2.49. The van der Waals surface area contributed by atoms with Gasteiger partial charge in [-0.25, -0.2) is 4.57 Å². The molecular weight excluding hydrogens is 239 g/mol. The van der Waals surface area contributed by atoms with Crippen LogP contribution in [0, 0.1) is 6.92 Å². The average molecular weight is 265 g/mol. The van der Waals surface area contributed by atoms with Crippen molar-refractivity contribution in [2.45, 2.75) is 52.4 Å². The maximum atomic E-state index is 12.2. The average Bonchev–Trinajstić information content (AvgIpc) is 2.30. The molecule has 0 spiro atoms. The van der Waals surface area contributed by atoms with Crippen LogP contribution in [0.4, 0.5) is 0 Å². The van der Waals surface area contributed by atoms with Gasteiger partial charge in [0.05, 0.1) is 33.2 Å². The van der Waals surface area contributed by atoms with Gasteiger partial charge < -0.3 is 0 Å². The molecule has 0 saturated carbocycles. The van der Waals surface area contributed by atoms with Crippen LogP contribution >= 0.6 is 7.82 Å². The first-order valence-corrected chi connectivity index (χ1v) is 7.97. The number of phosphoric acid groups is 1. The lowest BCUT2D eigenvalue weighted by atomic mass is 10.4. The van der Waals surface area contributed by atoms with Gasteiger partial charge in [-0.05, 0) is 12.8 Å². The van der Waals surface area contributed by atoms with E-state index >= 15 is 0 Å². The predicted octanol–water partition coefficient (Wildman–Crippen LogP) is 4.36. The highest BCUT2D eigenvalue weighted by Gasteiger charge is 2.25. The third-order valence-electron chi connectivity index (χ3n) is 2.14. The second kappa shape index (κ2) is 11.1. The van der Waals surface area contributed by atoms with Gasteiger partial charge in [0.25, 0.3) is 0 Å². The Hall–Kier alpha value is -0.0200. The van der Waals surface area contributed by atoms with Gasteiger partial charge in [0.15, 0.2) is 0 Å². The van der Waals surface area contributed by atoms with Gasteiger partial charge >= 0.3 is 7.82 Å². The molecule has 0 heterocycles. The van der Waals surface area contributed by atoms with E-state index in [9.17, 15) is 4.57 Å². The molecule has 0 saturated heterocycles. The van der Waals surface area contributed by atoms with Crippen LogP contribution in [0.5, 0.6) is 0 Å². The maximum Gasteiger partial charge on any atom is 0.474 e. The zero-order valence-electron chi connectivity index (χ0n) is 11.2. The van der Waals surface area contributed by atoms with E-state index in [1.165, 1.54) is 0 Å². The second-order valence-corrected chi connectivity index (χ2v) is 5.53. The van der Waals surface area contributed by atoms with Crippen molar-refractivity contribution in [2.75, 3.05) is 19.8 Å². The van der Waals surface area contributed by atoms with Crippen LogP contribution in [0.15, 0.2) is 0 Å². The van der Waals surface area contributed by atoms with Crippen LogP contribution < -0.4 is 0 Å². The Kier molecular flexibility index (Phi) is 11.1. The van der Waals surface area contributed by atoms with Crippen molar-refractivity contribution in [1.29, 1.82) is 0 Å². The molecule has 102 valence electrons. The van der Waals surface area contributed by atoms with Crippen molar-refractivity contribution < 1.29 is 18.1 Å². The highest BCUT2D eigenvalue weighted by atomic mass is 31.2. The summed E-state index contributed by atoms with van der Waals surface area (Å²) in [6, 6.07) is 0. The lowest BCUT2D eigenvalue weighted by Gasteiger charge is -2.17. The topological polar surface area (TPSA) is 44.8 Å². The van der Waals surface area contributed by atoms with E-state index in [-0.39, 0.29) is 0 Å². The van der Waals surface area contributed by atoms with E-state index in [0.29, 0.717) is 19.8 Å². The Balaban J connectivity index is 4.00. The van der Waals surface area contributed by atoms with Gasteiger partial charge in [-0.15, -0.1) is 0 Å². The smallest absolute Gasteiger partial charge is 0.287 e. The molecule has 17 heavy (non-hydrogen) atoms. The van der Waals surface area contributed by atoms with E-state index in [4.69, 9.17) is 13.6 Å². The summed E-state index contributed by atoms with van der Waals surface area (Å²) < 4.78 is 27.9.